The van der Waals surface area contributed by atoms with Crippen molar-refractivity contribution in [3.05, 3.63) is 35.9 Å². The van der Waals surface area contributed by atoms with Gasteiger partial charge >= 0.3 is 0 Å². The third kappa shape index (κ3) is 2.42. The minimum atomic E-state index is -0.382. The zero-order chi connectivity index (χ0) is 12.4. The monoisotopic (exact) mass is 250 g/mol. The second-order valence-electron chi connectivity index (χ2n) is 4.84. The van der Waals surface area contributed by atoms with Crippen LogP contribution >= 0.6 is 0 Å². The molecule has 2 heterocycles. The second-order valence-corrected chi connectivity index (χ2v) is 4.84. The van der Waals surface area contributed by atoms with E-state index in [0.717, 1.165) is 5.56 Å². The first-order chi connectivity index (χ1) is 8.84. The van der Waals surface area contributed by atoms with Crippen LogP contribution in [-0.4, -0.2) is 36.8 Å². The molecule has 18 heavy (non-hydrogen) atoms. The third-order valence-corrected chi connectivity index (χ3v) is 3.62. The molecule has 0 bridgehead atoms. The Hall–Kier alpha value is -0.940. The van der Waals surface area contributed by atoms with Crippen LogP contribution in [0.1, 0.15) is 12.0 Å². The number of hydrogen-bond donors (Lipinski definition) is 1. The van der Waals surface area contributed by atoms with Gasteiger partial charge in [0.2, 0.25) is 0 Å². The lowest BCUT2D eigenvalue weighted by molar-refractivity contribution is -0.185. The predicted octanol–water partition coefficient (Wildman–Crippen LogP) is 1.33. The highest BCUT2D eigenvalue weighted by Crippen LogP contribution is 2.33. The highest BCUT2D eigenvalue weighted by Gasteiger charge is 2.45. The molecule has 1 aromatic carbocycles. The van der Waals surface area contributed by atoms with Gasteiger partial charge in [0.05, 0.1) is 37.9 Å². The van der Waals surface area contributed by atoms with Crippen LogP contribution in [0.25, 0.3) is 0 Å². The molecule has 0 aromatic heterocycles. The summed E-state index contributed by atoms with van der Waals surface area (Å²) in [6.45, 7) is 1.61. The topological polar surface area (TPSA) is 47.9 Å². The maximum absolute atomic E-state index is 10.0. The Kier molecular flexibility index (Phi) is 3.61. The third-order valence-electron chi connectivity index (χ3n) is 3.62. The van der Waals surface area contributed by atoms with Crippen molar-refractivity contribution in [2.24, 2.45) is 5.92 Å². The van der Waals surface area contributed by atoms with Crippen molar-refractivity contribution >= 4 is 0 Å². The van der Waals surface area contributed by atoms with Crippen molar-refractivity contribution < 1.29 is 19.3 Å². The smallest absolute Gasteiger partial charge is 0.165 e. The molecule has 0 saturated carbocycles. The molecule has 0 aliphatic carbocycles. The number of aliphatic hydroxyl groups is 1. The van der Waals surface area contributed by atoms with E-state index in [2.05, 4.69) is 0 Å². The van der Waals surface area contributed by atoms with Crippen molar-refractivity contribution in [2.75, 3.05) is 13.2 Å². The summed E-state index contributed by atoms with van der Waals surface area (Å²) in [5.74, 6) is -0.0533. The van der Waals surface area contributed by atoms with Crippen molar-refractivity contribution in [3.63, 3.8) is 0 Å². The number of benzene rings is 1. The SMILES string of the molecule is O[C@H]1CCOC2OC[C@H](OCc3ccccc3)[C@H]21. The van der Waals surface area contributed by atoms with Gasteiger partial charge in [-0.3, -0.25) is 0 Å². The molecule has 0 radical (unpaired) electrons. The van der Waals surface area contributed by atoms with Gasteiger partial charge in [-0.15, -0.1) is 0 Å². The van der Waals surface area contributed by atoms with Gasteiger partial charge in [-0.25, -0.2) is 0 Å². The molecular formula is C14H18O4. The van der Waals surface area contributed by atoms with Crippen molar-refractivity contribution in [1.82, 2.24) is 0 Å². The van der Waals surface area contributed by atoms with Gasteiger partial charge < -0.3 is 19.3 Å². The van der Waals surface area contributed by atoms with E-state index < -0.39 is 0 Å². The predicted molar refractivity (Wildman–Crippen MR) is 64.8 cm³/mol. The number of fused-ring (bicyclic) bond motifs is 1. The molecule has 2 aliphatic rings. The van der Waals surface area contributed by atoms with Crippen molar-refractivity contribution in [2.45, 2.75) is 31.5 Å². The van der Waals surface area contributed by atoms with Gasteiger partial charge in [-0.2, -0.15) is 0 Å². The van der Waals surface area contributed by atoms with Crippen molar-refractivity contribution in [3.8, 4) is 0 Å². The molecule has 4 atom stereocenters. The zero-order valence-electron chi connectivity index (χ0n) is 10.2. The first-order valence-corrected chi connectivity index (χ1v) is 6.41. The Bertz CT molecular complexity index is 381. The van der Waals surface area contributed by atoms with Crippen LogP contribution in [-0.2, 0) is 20.8 Å². The van der Waals surface area contributed by atoms with Gasteiger partial charge in [0, 0.05) is 0 Å². The molecule has 3 rings (SSSR count). The maximum Gasteiger partial charge on any atom is 0.165 e. The molecule has 98 valence electrons. The van der Waals surface area contributed by atoms with Crippen LogP contribution in [0.15, 0.2) is 30.3 Å². The number of rotatable bonds is 3. The van der Waals surface area contributed by atoms with E-state index in [1.165, 1.54) is 0 Å². The van der Waals surface area contributed by atoms with E-state index >= 15 is 0 Å². The van der Waals surface area contributed by atoms with Gasteiger partial charge in [-0.05, 0) is 12.0 Å². The van der Waals surface area contributed by atoms with Crippen LogP contribution in [0.4, 0.5) is 0 Å². The average molecular weight is 250 g/mol. The van der Waals surface area contributed by atoms with Gasteiger partial charge in [0.15, 0.2) is 6.29 Å². The summed E-state index contributed by atoms with van der Waals surface area (Å²) >= 11 is 0. The zero-order valence-corrected chi connectivity index (χ0v) is 10.2. The van der Waals surface area contributed by atoms with E-state index in [4.69, 9.17) is 14.2 Å². The fourth-order valence-electron chi connectivity index (χ4n) is 2.61. The summed E-state index contributed by atoms with van der Waals surface area (Å²) < 4.78 is 16.9. The van der Waals surface area contributed by atoms with E-state index in [-0.39, 0.29) is 24.4 Å². The highest BCUT2D eigenvalue weighted by atomic mass is 16.7. The van der Waals surface area contributed by atoms with Crippen LogP contribution < -0.4 is 0 Å². The minimum Gasteiger partial charge on any atom is -0.392 e. The molecule has 4 nitrogen and oxygen atoms in total. The summed E-state index contributed by atoms with van der Waals surface area (Å²) in [5, 5.41) is 10.0. The molecule has 2 fully saturated rings. The van der Waals surface area contributed by atoms with E-state index in [1.807, 2.05) is 30.3 Å². The van der Waals surface area contributed by atoms with Crippen LogP contribution in [0, 0.1) is 5.92 Å². The Labute approximate surface area is 106 Å². The normalized spacial score (nSPS) is 35.4. The summed E-state index contributed by atoms with van der Waals surface area (Å²) in [6.07, 6.45) is -0.0949. The number of hydrogen-bond acceptors (Lipinski definition) is 4. The quantitative estimate of drug-likeness (QED) is 0.879. The Balaban J connectivity index is 1.60. The molecule has 0 spiro atoms. The molecule has 1 aromatic rings. The first kappa shape index (κ1) is 12.1. The molecule has 1 N–H and O–H groups in total. The summed E-state index contributed by atoms with van der Waals surface area (Å²) in [7, 11) is 0. The Morgan fingerprint density at radius 1 is 1.22 bits per heavy atom. The largest absolute Gasteiger partial charge is 0.392 e. The number of ether oxygens (including phenoxy) is 3. The van der Waals surface area contributed by atoms with Crippen LogP contribution in [0.3, 0.4) is 0 Å². The highest BCUT2D eigenvalue weighted by molar-refractivity contribution is 5.13. The summed E-state index contributed by atoms with van der Waals surface area (Å²) in [6, 6.07) is 10.0. The average Bonchev–Trinajstić information content (AvgIpc) is 2.82. The summed E-state index contributed by atoms with van der Waals surface area (Å²) in [5.41, 5.74) is 1.13. The van der Waals surface area contributed by atoms with E-state index in [9.17, 15) is 5.11 Å². The van der Waals surface area contributed by atoms with Crippen LogP contribution in [0.2, 0.25) is 0 Å². The fourth-order valence-corrected chi connectivity index (χ4v) is 2.61. The molecule has 1 unspecified atom stereocenters. The lowest BCUT2D eigenvalue weighted by Gasteiger charge is -2.31. The lowest BCUT2D eigenvalue weighted by Crippen LogP contribution is -2.42. The maximum atomic E-state index is 10.0. The van der Waals surface area contributed by atoms with Crippen LogP contribution in [0.5, 0.6) is 0 Å². The standard InChI is InChI=1S/C14H18O4/c15-11-6-7-16-14-13(11)12(9-18-14)17-8-10-4-2-1-3-5-10/h1-5,11-15H,6-9H2/t11-,12-,13+,14?/m0/s1. The molecule has 0 amide bonds. The van der Waals surface area contributed by atoms with Gasteiger partial charge in [0.25, 0.3) is 0 Å². The lowest BCUT2D eigenvalue weighted by atomic mass is 9.93. The first-order valence-electron chi connectivity index (χ1n) is 6.41. The fraction of sp³-hybridized carbons (Fsp3) is 0.571. The van der Waals surface area contributed by atoms with E-state index in [1.54, 1.807) is 0 Å². The van der Waals surface area contributed by atoms with Gasteiger partial charge in [-0.1, -0.05) is 30.3 Å². The molecule has 4 heteroatoms. The minimum absolute atomic E-state index is 0.0533. The summed E-state index contributed by atoms with van der Waals surface area (Å²) in [4.78, 5) is 0. The number of aliphatic hydroxyl groups excluding tert-OH is 1. The molecule has 2 saturated heterocycles. The van der Waals surface area contributed by atoms with Gasteiger partial charge in [0.1, 0.15) is 0 Å². The Morgan fingerprint density at radius 3 is 2.89 bits per heavy atom. The van der Waals surface area contributed by atoms with Crippen molar-refractivity contribution in [1.29, 1.82) is 0 Å². The molecular weight excluding hydrogens is 232 g/mol. The molecule has 2 aliphatic heterocycles. The second kappa shape index (κ2) is 5.36. The Morgan fingerprint density at radius 2 is 2.06 bits per heavy atom. The van der Waals surface area contributed by atoms with E-state index in [0.29, 0.717) is 26.2 Å².